The Morgan fingerprint density at radius 3 is 1.72 bits per heavy atom. The highest BCUT2D eigenvalue weighted by atomic mass is 16.5. The largest absolute Gasteiger partial charge is 0.457 e. The summed E-state index contributed by atoms with van der Waals surface area (Å²) in [6, 6.07) is 64.4. The number of hydrogen-bond donors (Lipinski definition) is 0. The van der Waals surface area contributed by atoms with Crippen molar-refractivity contribution in [2.24, 2.45) is 0 Å². The molecule has 0 bridgehead atoms. The maximum atomic E-state index is 9.54. The lowest BCUT2D eigenvalue weighted by atomic mass is 9.63. The Balaban J connectivity index is 1.25. The quantitative estimate of drug-likeness (QED) is 0.168. The molecule has 0 atom stereocenters. The fourth-order valence-corrected chi connectivity index (χ4v) is 8.03. The first-order valence-corrected chi connectivity index (χ1v) is 17.9. The van der Waals surface area contributed by atoms with Crippen molar-refractivity contribution in [2.45, 2.75) is 5.41 Å². The fourth-order valence-electron chi connectivity index (χ4n) is 8.03. The minimum absolute atomic E-state index is 0.522. The molecule has 10 rings (SSSR count). The molecule has 2 heterocycles. The second-order valence-electron chi connectivity index (χ2n) is 13.5. The summed E-state index contributed by atoms with van der Waals surface area (Å²) in [5, 5.41) is 14.0. The van der Waals surface area contributed by atoms with Crippen molar-refractivity contribution in [1.82, 2.24) is 15.0 Å². The molecule has 8 aromatic carbocycles. The van der Waals surface area contributed by atoms with Crippen LogP contribution in [0.4, 0.5) is 0 Å². The lowest BCUT2D eigenvalue weighted by Crippen LogP contribution is -2.34. The summed E-state index contributed by atoms with van der Waals surface area (Å²) in [5.74, 6) is 3.21. The van der Waals surface area contributed by atoms with Gasteiger partial charge >= 0.3 is 0 Å². The molecule has 1 aliphatic rings. The van der Waals surface area contributed by atoms with Crippen LogP contribution in [0.3, 0.4) is 0 Å². The van der Waals surface area contributed by atoms with Crippen LogP contribution >= 0.6 is 0 Å². The van der Waals surface area contributed by atoms with Crippen molar-refractivity contribution < 1.29 is 4.74 Å². The lowest BCUT2D eigenvalue weighted by Gasteiger charge is -2.41. The van der Waals surface area contributed by atoms with E-state index in [0.717, 1.165) is 66.6 Å². The lowest BCUT2D eigenvalue weighted by molar-refractivity contribution is 0.434. The first-order valence-electron chi connectivity index (χ1n) is 17.9. The summed E-state index contributed by atoms with van der Waals surface area (Å²) in [6.45, 7) is 0. The summed E-state index contributed by atoms with van der Waals surface area (Å²) in [6.07, 6.45) is 0. The zero-order valence-electron chi connectivity index (χ0n) is 29.0. The van der Waals surface area contributed by atoms with Gasteiger partial charge in [0.1, 0.15) is 11.5 Å². The van der Waals surface area contributed by atoms with Crippen molar-refractivity contribution in [3.05, 3.63) is 210 Å². The van der Waals surface area contributed by atoms with Gasteiger partial charge in [-0.2, -0.15) is 5.26 Å². The highest BCUT2D eigenvalue weighted by Crippen LogP contribution is 2.55. The predicted molar refractivity (Wildman–Crippen MR) is 214 cm³/mol. The van der Waals surface area contributed by atoms with Crippen LogP contribution in [0.25, 0.3) is 55.7 Å². The summed E-state index contributed by atoms with van der Waals surface area (Å²) in [7, 11) is 0. The fraction of sp³-hybridized carbons (Fsp3) is 0.0204. The van der Waals surface area contributed by atoms with Crippen LogP contribution in [0.15, 0.2) is 182 Å². The van der Waals surface area contributed by atoms with Crippen LogP contribution in [-0.4, -0.2) is 15.0 Å². The van der Waals surface area contributed by atoms with Gasteiger partial charge in [0.05, 0.1) is 17.0 Å². The third-order valence-electron chi connectivity index (χ3n) is 10.5. The van der Waals surface area contributed by atoms with Crippen molar-refractivity contribution in [1.29, 1.82) is 5.26 Å². The molecule has 0 saturated carbocycles. The maximum absolute atomic E-state index is 9.54. The first-order chi connectivity index (χ1) is 26.7. The minimum atomic E-state index is -0.691. The van der Waals surface area contributed by atoms with Crippen molar-refractivity contribution in [3.63, 3.8) is 0 Å². The van der Waals surface area contributed by atoms with Gasteiger partial charge in [-0.15, -0.1) is 0 Å². The van der Waals surface area contributed by atoms with E-state index < -0.39 is 5.41 Å². The Labute approximate surface area is 312 Å². The Morgan fingerprint density at radius 2 is 1.00 bits per heavy atom. The average molecular weight is 691 g/mol. The molecule has 1 aliphatic heterocycles. The zero-order valence-corrected chi connectivity index (χ0v) is 29.0. The van der Waals surface area contributed by atoms with E-state index in [2.05, 4.69) is 140 Å². The molecule has 0 radical (unpaired) electrons. The molecule has 0 unspecified atom stereocenters. The highest BCUT2D eigenvalue weighted by Gasteiger charge is 2.45. The van der Waals surface area contributed by atoms with Crippen LogP contribution in [0.1, 0.15) is 27.8 Å². The van der Waals surface area contributed by atoms with Gasteiger partial charge in [0.25, 0.3) is 0 Å². The minimum Gasteiger partial charge on any atom is -0.457 e. The van der Waals surface area contributed by atoms with Gasteiger partial charge in [0.15, 0.2) is 17.5 Å². The van der Waals surface area contributed by atoms with Crippen LogP contribution in [-0.2, 0) is 5.41 Å². The Kier molecular flexibility index (Phi) is 7.35. The molecule has 0 saturated heterocycles. The van der Waals surface area contributed by atoms with E-state index in [1.54, 1.807) is 12.1 Å². The molecular formula is C49H30N4O. The second-order valence-corrected chi connectivity index (χ2v) is 13.5. The molecule has 9 aromatic rings. The summed E-state index contributed by atoms with van der Waals surface area (Å²) in [5.41, 5.74) is 6.73. The van der Waals surface area contributed by atoms with E-state index in [4.69, 9.17) is 19.7 Å². The smallest absolute Gasteiger partial charge is 0.164 e. The van der Waals surface area contributed by atoms with E-state index in [9.17, 15) is 5.26 Å². The molecule has 5 heteroatoms. The molecule has 0 spiro atoms. The van der Waals surface area contributed by atoms with E-state index in [1.165, 1.54) is 5.39 Å². The van der Waals surface area contributed by atoms with Gasteiger partial charge in [-0.1, -0.05) is 127 Å². The summed E-state index contributed by atoms with van der Waals surface area (Å²) in [4.78, 5) is 15.5. The number of para-hydroxylation sites is 1. The van der Waals surface area contributed by atoms with Gasteiger partial charge in [-0.25, -0.2) is 15.0 Å². The second kappa shape index (κ2) is 12.7. The van der Waals surface area contributed by atoms with Crippen LogP contribution in [0.5, 0.6) is 11.5 Å². The highest BCUT2D eigenvalue weighted by molar-refractivity contribution is 6.13. The van der Waals surface area contributed by atoms with Crippen LogP contribution in [0, 0.1) is 11.3 Å². The molecule has 5 nitrogen and oxygen atoms in total. The van der Waals surface area contributed by atoms with Gasteiger partial charge in [-0.05, 0) is 87.3 Å². The molecule has 0 fully saturated rings. The number of aromatic nitrogens is 3. The summed E-state index contributed by atoms with van der Waals surface area (Å²) < 4.78 is 6.68. The first kappa shape index (κ1) is 31.3. The number of ether oxygens (including phenoxy) is 1. The van der Waals surface area contributed by atoms with Crippen LogP contribution < -0.4 is 4.74 Å². The standard InChI is InChI=1S/C49H30N4O/c50-31-32-23-25-33(26-24-32)46-51-47(53-48(52-46)41-29-34-13-7-8-18-38(34)39-19-9-10-20-40(39)41)35-27-28-45-43(30-35)49(36-14-3-1-4-15-36,37-16-5-2-6-17-37)42-21-11-12-22-44(42)54-45/h1-30H. The number of fused-ring (bicyclic) bond motifs is 5. The van der Waals surface area contributed by atoms with E-state index in [-0.39, 0.29) is 0 Å². The van der Waals surface area contributed by atoms with Gasteiger partial charge < -0.3 is 4.74 Å². The Hall–Kier alpha value is -7.42. The normalized spacial score (nSPS) is 12.7. The Bertz CT molecular complexity index is 2880. The average Bonchev–Trinajstić information content (AvgIpc) is 3.25. The molecule has 54 heavy (non-hydrogen) atoms. The predicted octanol–water partition coefficient (Wildman–Crippen LogP) is 11.5. The van der Waals surface area contributed by atoms with Crippen molar-refractivity contribution >= 4 is 21.5 Å². The molecular weight excluding hydrogens is 661 g/mol. The number of nitriles is 1. The third-order valence-corrected chi connectivity index (χ3v) is 10.5. The molecule has 1 aromatic heterocycles. The van der Waals surface area contributed by atoms with E-state index in [0.29, 0.717) is 23.0 Å². The number of hydrogen-bond acceptors (Lipinski definition) is 5. The molecule has 0 N–H and O–H groups in total. The van der Waals surface area contributed by atoms with Gasteiger partial charge in [0.2, 0.25) is 0 Å². The maximum Gasteiger partial charge on any atom is 0.164 e. The summed E-state index contributed by atoms with van der Waals surface area (Å²) >= 11 is 0. The molecule has 0 amide bonds. The van der Waals surface area contributed by atoms with Crippen LogP contribution in [0.2, 0.25) is 0 Å². The third kappa shape index (κ3) is 4.97. The zero-order chi connectivity index (χ0) is 36.1. The Morgan fingerprint density at radius 1 is 0.444 bits per heavy atom. The topological polar surface area (TPSA) is 71.7 Å². The number of nitrogens with zero attached hydrogens (tertiary/aromatic N) is 4. The SMILES string of the molecule is N#Cc1ccc(-c2nc(-c3ccc4c(c3)C(c3ccccc3)(c3ccccc3)c3ccccc3O4)nc(-c3cc4ccccc4c4ccccc34)n2)cc1. The van der Waals surface area contributed by atoms with Crippen molar-refractivity contribution in [3.8, 4) is 51.7 Å². The molecule has 252 valence electrons. The number of rotatable bonds is 5. The van der Waals surface area contributed by atoms with E-state index in [1.807, 2.05) is 36.4 Å². The van der Waals surface area contributed by atoms with E-state index >= 15 is 0 Å². The number of benzene rings is 8. The van der Waals surface area contributed by atoms with Gasteiger partial charge in [-0.3, -0.25) is 0 Å². The molecule has 0 aliphatic carbocycles. The monoisotopic (exact) mass is 690 g/mol. The van der Waals surface area contributed by atoms with Gasteiger partial charge in [0, 0.05) is 27.8 Å². The van der Waals surface area contributed by atoms with Crippen molar-refractivity contribution in [2.75, 3.05) is 0 Å².